The highest BCUT2D eigenvalue weighted by Crippen LogP contribution is 2.43. The number of rotatable bonds is 5. The summed E-state index contributed by atoms with van der Waals surface area (Å²) in [5, 5.41) is 9.59. The lowest BCUT2D eigenvalue weighted by Gasteiger charge is -2.26. The average Bonchev–Trinajstić information content (AvgIpc) is 2.61. The molecule has 5 nitrogen and oxygen atoms in total. The predicted octanol–water partition coefficient (Wildman–Crippen LogP) is 3.67. The molecule has 128 valence electrons. The normalized spacial score (nSPS) is 15.9. The molecular formula is C20H21N3O2. The molecule has 1 atom stereocenters. The first-order valence-electron chi connectivity index (χ1n) is 8.33. The fourth-order valence-corrected chi connectivity index (χ4v) is 2.93. The molecule has 0 radical (unpaired) electrons. The summed E-state index contributed by atoms with van der Waals surface area (Å²) in [4.78, 5) is 0. The Kier molecular flexibility index (Phi) is 4.80. The van der Waals surface area contributed by atoms with E-state index < -0.39 is 0 Å². The molecule has 5 heteroatoms. The number of benzene rings is 2. The van der Waals surface area contributed by atoms with Crippen molar-refractivity contribution in [3.63, 3.8) is 0 Å². The average molecular weight is 335 g/mol. The highest BCUT2D eigenvalue weighted by Gasteiger charge is 2.30. The van der Waals surface area contributed by atoms with Gasteiger partial charge in [-0.05, 0) is 30.2 Å². The second-order valence-corrected chi connectivity index (χ2v) is 6.00. The van der Waals surface area contributed by atoms with Crippen molar-refractivity contribution >= 4 is 5.69 Å². The summed E-state index contributed by atoms with van der Waals surface area (Å²) in [5.41, 5.74) is 14.6. The van der Waals surface area contributed by atoms with Crippen molar-refractivity contribution in [2.24, 2.45) is 5.73 Å². The van der Waals surface area contributed by atoms with Crippen LogP contribution in [0.5, 0.6) is 11.5 Å². The zero-order chi connectivity index (χ0) is 17.8. The van der Waals surface area contributed by atoms with Crippen molar-refractivity contribution in [1.82, 2.24) is 0 Å². The van der Waals surface area contributed by atoms with Crippen molar-refractivity contribution in [1.29, 1.82) is 5.26 Å². The van der Waals surface area contributed by atoms with Crippen molar-refractivity contribution in [3.8, 4) is 17.6 Å². The monoisotopic (exact) mass is 335 g/mol. The van der Waals surface area contributed by atoms with E-state index in [0.717, 1.165) is 29.7 Å². The van der Waals surface area contributed by atoms with E-state index in [1.54, 1.807) is 12.1 Å². The summed E-state index contributed by atoms with van der Waals surface area (Å²) in [5.74, 6) is 1.18. The Morgan fingerprint density at radius 1 is 1.20 bits per heavy atom. The van der Waals surface area contributed by atoms with E-state index in [-0.39, 0.29) is 11.8 Å². The van der Waals surface area contributed by atoms with Crippen molar-refractivity contribution < 1.29 is 9.47 Å². The molecule has 0 aliphatic carbocycles. The van der Waals surface area contributed by atoms with E-state index in [1.807, 2.05) is 30.3 Å². The van der Waals surface area contributed by atoms with Gasteiger partial charge in [0.2, 0.25) is 5.88 Å². The van der Waals surface area contributed by atoms with Gasteiger partial charge in [-0.1, -0.05) is 31.5 Å². The highest BCUT2D eigenvalue weighted by molar-refractivity contribution is 5.59. The van der Waals surface area contributed by atoms with Crippen LogP contribution in [-0.2, 0) is 0 Å². The number of unbranched alkanes of at least 4 members (excludes halogenated alkanes) is 1. The highest BCUT2D eigenvalue weighted by atomic mass is 16.5. The molecule has 2 aromatic carbocycles. The second kappa shape index (κ2) is 7.18. The Labute approximate surface area is 147 Å². The van der Waals surface area contributed by atoms with Gasteiger partial charge in [0.25, 0.3) is 0 Å². The van der Waals surface area contributed by atoms with Gasteiger partial charge in [-0.3, -0.25) is 0 Å². The number of hydrogen-bond donors (Lipinski definition) is 2. The molecule has 0 saturated carbocycles. The van der Waals surface area contributed by atoms with Gasteiger partial charge in [0, 0.05) is 17.3 Å². The van der Waals surface area contributed by atoms with Crippen molar-refractivity contribution in [2.75, 3.05) is 12.3 Å². The minimum Gasteiger partial charge on any atom is -0.494 e. The summed E-state index contributed by atoms with van der Waals surface area (Å²) < 4.78 is 11.4. The van der Waals surface area contributed by atoms with Crippen LogP contribution in [0.2, 0.25) is 0 Å². The van der Waals surface area contributed by atoms with Crippen LogP contribution in [0.4, 0.5) is 5.69 Å². The maximum Gasteiger partial charge on any atom is 0.205 e. The van der Waals surface area contributed by atoms with E-state index >= 15 is 0 Å². The van der Waals surface area contributed by atoms with Gasteiger partial charge in [-0.2, -0.15) is 5.26 Å². The van der Waals surface area contributed by atoms with E-state index in [4.69, 9.17) is 20.9 Å². The molecule has 25 heavy (non-hydrogen) atoms. The van der Waals surface area contributed by atoms with Crippen LogP contribution >= 0.6 is 0 Å². The van der Waals surface area contributed by atoms with Crippen LogP contribution in [0.15, 0.2) is 53.9 Å². The van der Waals surface area contributed by atoms with Gasteiger partial charge in [0.05, 0.1) is 12.5 Å². The molecule has 3 rings (SSSR count). The Morgan fingerprint density at radius 2 is 2.04 bits per heavy atom. The lowest BCUT2D eigenvalue weighted by Crippen LogP contribution is -2.21. The molecule has 0 unspecified atom stereocenters. The third-order valence-electron chi connectivity index (χ3n) is 4.20. The van der Waals surface area contributed by atoms with Crippen molar-refractivity contribution in [3.05, 3.63) is 65.0 Å². The van der Waals surface area contributed by atoms with E-state index in [2.05, 4.69) is 13.0 Å². The van der Waals surface area contributed by atoms with Gasteiger partial charge in [-0.25, -0.2) is 0 Å². The summed E-state index contributed by atoms with van der Waals surface area (Å²) in [7, 11) is 0. The standard InChI is InChI=1S/C20H21N3O2/c1-2-3-9-24-15-6-4-5-13(10-15)19-16-8-7-14(22)11-18(16)25-20(23)17(19)12-21/h4-8,10-11,19H,2-3,9,22-23H2,1H3/t19-/m0/s1. The van der Waals surface area contributed by atoms with Gasteiger partial charge < -0.3 is 20.9 Å². The van der Waals surface area contributed by atoms with Crippen molar-refractivity contribution in [2.45, 2.75) is 25.7 Å². The number of nitrogen functional groups attached to an aromatic ring is 1. The predicted molar refractivity (Wildman–Crippen MR) is 97.0 cm³/mol. The minimum atomic E-state index is -0.302. The molecule has 1 aliphatic heterocycles. The fourth-order valence-electron chi connectivity index (χ4n) is 2.93. The largest absolute Gasteiger partial charge is 0.494 e. The lowest BCUT2D eigenvalue weighted by atomic mass is 9.83. The van der Waals surface area contributed by atoms with Crippen LogP contribution < -0.4 is 20.9 Å². The molecule has 1 aliphatic rings. The van der Waals surface area contributed by atoms with Crippen LogP contribution in [-0.4, -0.2) is 6.61 Å². The van der Waals surface area contributed by atoms with E-state index in [0.29, 0.717) is 23.6 Å². The molecule has 0 saturated heterocycles. The van der Waals surface area contributed by atoms with Gasteiger partial charge in [0.1, 0.15) is 23.1 Å². The maximum absolute atomic E-state index is 9.59. The van der Waals surface area contributed by atoms with Gasteiger partial charge in [0.15, 0.2) is 0 Å². The van der Waals surface area contributed by atoms with Crippen LogP contribution in [0.3, 0.4) is 0 Å². The fraction of sp³-hybridized carbons (Fsp3) is 0.250. The number of hydrogen-bond acceptors (Lipinski definition) is 5. The third-order valence-corrected chi connectivity index (χ3v) is 4.20. The summed E-state index contributed by atoms with van der Waals surface area (Å²) >= 11 is 0. The number of allylic oxidation sites excluding steroid dienone is 1. The Hall–Kier alpha value is -3.13. The molecule has 0 bridgehead atoms. The molecular weight excluding hydrogens is 314 g/mol. The third kappa shape index (κ3) is 3.38. The molecule has 2 aromatic rings. The number of anilines is 1. The quantitative estimate of drug-likeness (QED) is 0.642. The first-order valence-corrected chi connectivity index (χ1v) is 8.33. The summed E-state index contributed by atoms with van der Waals surface area (Å²) in [6.45, 7) is 2.79. The molecule has 4 N–H and O–H groups in total. The maximum atomic E-state index is 9.59. The molecule has 0 aromatic heterocycles. The first kappa shape index (κ1) is 16.7. The SMILES string of the molecule is CCCCOc1cccc([C@@H]2C(C#N)=C(N)Oc3cc(N)ccc32)c1. The number of ether oxygens (including phenoxy) is 2. The Bertz CT molecular complexity index is 852. The number of fused-ring (bicyclic) bond motifs is 1. The van der Waals surface area contributed by atoms with Gasteiger partial charge in [-0.15, -0.1) is 0 Å². The second-order valence-electron chi connectivity index (χ2n) is 6.00. The van der Waals surface area contributed by atoms with Crippen LogP contribution in [0.1, 0.15) is 36.8 Å². The Morgan fingerprint density at radius 3 is 2.80 bits per heavy atom. The minimum absolute atomic E-state index is 0.114. The topological polar surface area (TPSA) is 94.3 Å². The Balaban J connectivity index is 2.03. The van der Waals surface area contributed by atoms with Crippen LogP contribution in [0, 0.1) is 11.3 Å². The smallest absolute Gasteiger partial charge is 0.205 e. The lowest BCUT2D eigenvalue weighted by molar-refractivity contribution is 0.309. The van der Waals surface area contributed by atoms with E-state index in [9.17, 15) is 5.26 Å². The van der Waals surface area contributed by atoms with E-state index in [1.165, 1.54) is 0 Å². The molecule has 0 spiro atoms. The number of nitriles is 1. The zero-order valence-corrected chi connectivity index (χ0v) is 14.2. The van der Waals surface area contributed by atoms with Crippen LogP contribution in [0.25, 0.3) is 0 Å². The first-order chi connectivity index (χ1) is 12.1. The number of nitrogens with zero attached hydrogens (tertiary/aromatic N) is 1. The summed E-state index contributed by atoms with van der Waals surface area (Å²) in [6, 6.07) is 15.4. The molecule has 1 heterocycles. The molecule has 0 fully saturated rings. The zero-order valence-electron chi connectivity index (χ0n) is 14.2. The van der Waals surface area contributed by atoms with Gasteiger partial charge >= 0.3 is 0 Å². The number of nitrogens with two attached hydrogens (primary N) is 2. The molecule has 0 amide bonds. The summed E-state index contributed by atoms with van der Waals surface area (Å²) in [6.07, 6.45) is 2.08.